The molecule has 0 spiro atoms. The Bertz CT molecular complexity index is 644. The average molecular weight is 300 g/mol. The number of alkyl halides is 3. The van der Waals surface area contributed by atoms with Crippen LogP contribution in [0.5, 0.6) is 0 Å². The highest BCUT2D eigenvalue weighted by Gasteiger charge is 2.40. The third kappa shape index (κ3) is 2.41. The molecule has 0 saturated carbocycles. The Balaban J connectivity index is 1.87. The van der Waals surface area contributed by atoms with Crippen molar-refractivity contribution in [3.05, 3.63) is 29.1 Å². The van der Waals surface area contributed by atoms with Crippen LogP contribution in [0, 0.1) is 0 Å². The van der Waals surface area contributed by atoms with E-state index in [1.165, 1.54) is 0 Å². The lowest BCUT2D eigenvalue weighted by atomic mass is 10.0. The van der Waals surface area contributed by atoms with Crippen molar-refractivity contribution in [2.75, 3.05) is 6.54 Å². The highest BCUT2D eigenvalue weighted by atomic mass is 19.4. The van der Waals surface area contributed by atoms with E-state index in [1.807, 2.05) is 18.9 Å². The Labute approximate surface area is 119 Å². The zero-order valence-corrected chi connectivity index (χ0v) is 11.6. The topological polar surface area (TPSA) is 62.6 Å². The lowest BCUT2D eigenvalue weighted by molar-refractivity contribution is -0.142. The Kier molecular flexibility index (Phi) is 3.23. The van der Waals surface area contributed by atoms with Crippen molar-refractivity contribution in [3.63, 3.8) is 0 Å². The molecule has 2 aromatic heterocycles. The Morgan fingerprint density at radius 3 is 2.76 bits per heavy atom. The zero-order chi connectivity index (χ0) is 15.2. The molecule has 0 amide bonds. The van der Waals surface area contributed by atoms with Crippen molar-refractivity contribution in [3.8, 4) is 0 Å². The van der Waals surface area contributed by atoms with Crippen molar-refractivity contribution in [1.82, 2.24) is 29.9 Å². The standard InChI is InChI=1S/C12H15F3N6/c1-7(11-19-16-6-20(11)2)21-4-3-9-8(5-21)10(18-17-9)12(13,14)15/h6-7H,3-5H2,1-2H3,(H,17,18). The molecule has 0 aliphatic carbocycles. The third-order valence-electron chi connectivity index (χ3n) is 3.90. The van der Waals surface area contributed by atoms with Crippen LogP contribution in [0.25, 0.3) is 0 Å². The molecule has 3 heterocycles. The molecule has 9 heteroatoms. The molecule has 3 rings (SSSR count). The van der Waals surface area contributed by atoms with Crippen molar-refractivity contribution >= 4 is 0 Å². The van der Waals surface area contributed by atoms with Crippen LogP contribution in [0.1, 0.15) is 35.7 Å². The molecule has 2 aromatic rings. The van der Waals surface area contributed by atoms with Gasteiger partial charge in [0.1, 0.15) is 12.2 Å². The third-order valence-corrected chi connectivity index (χ3v) is 3.90. The monoisotopic (exact) mass is 300 g/mol. The molecule has 0 aromatic carbocycles. The molecule has 0 radical (unpaired) electrons. The first kappa shape index (κ1) is 14.1. The minimum Gasteiger partial charge on any atom is -0.319 e. The molecule has 0 fully saturated rings. The molecular weight excluding hydrogens is 285 g/mol. The lowest BCUT2D eigenvalue weighted by Crippen LogP contribution is -2.34. The maximum Gasteiger partial charge on any atom is 0.435 e. The van der Waals surface area contributed by atoms with Crippen molar-refractivity contribution in [2.45, 2.75) is 32.1 Å². The van der Waals surface area contributed by atoms with Crippen LogP contribution in [-0.2, 0) is 26.2 Å². The second-order valence-electron chi connectivity index (χ2n) is 5.22. The van der Waals surface area contributed by atoms with Crippen molar-refractivity contribution in [1.29, 1.82) is 0 Å². The van der Waals surface area contributed by atoms with Gasteiger partial charge >= 0.3 is 6.18 Å². The molecular formula is C12H15F3N6. The van der Waals surface area contributed by atoms with Gasteiger partial charge in [0.25, 0.3) is 0 Å². The van der Waals surface area contributed by atoms with Gasteiger partial charge in [0, 0.05) is 37.8 Å². The van der Waals surface area contributed by atoms with Gasteiger partial charge in [-0.3, -0.25) is 10.00 Å². The summed E-state index contributed by atoms with van der Waals surface area (Å²) in [7, 11) is 1.82. The normalized spacial score (nSPS) is 17.8. The van der Waals surface area contributed by atoms with E-state index in [4.69, 9.17) is 0 Å². The zero-order valence-electron chi connectivity index (χ0n) is 11.6. The first-order chi connectivity index (χ1) is 9.88. The number of halogens is 3. The predicted octanol–water partition coefficient (Wildman–Crippen LogP) is 1.68. The van der Waals surface area contributed by atoms with Gasteiger partial charge in [0.05, 0.1) is 6.04 Å². The lowest BCUT2D eigenvalue weighted by Gasteiger charge is -2.31. The summed E-state index contributed by atoms with van der Waals surface area (Å²) in [5.74, 6) is 0.732. The van der Waals surface area contributed by atoms with E-state index in [9.17, 15) is 13.2 Å². The fourth-order valence-corrected chi connectivity index (χ4v) is 2.71. The highest BCUT2D eigenvalue weighted by Crippen LogP contribution is 2.35. The van der Waals surface area contributed by atoms with E-state index >= 15 is 0 Å². The summed E-state index contributed by atoms with van der Waals surface area (Å²) in [5, 5.41) is 13.8. The summed E-state index contributed by atoms with van der Waals surface area (Å²) in [6.07, 6.45) is -2.33. The van der Waals surface area contributed by atoms with E-state index in [-0.39, 0.29) is 18.2 Å². The van der Waals surface area contributed by atoms with Crippen molar-refractivity contribution in [2.24, 2.45) is 7.05 Å². The first-order valence-electron chi connectivity index (χ1n) is 6.59. The highest BCUT2D eigenvalue weighted by molar-refractivity contribution is 5.29. The fraction of sp³-hybridized carbons (Fsp3) is 0.583. The molecule has 1 N–H and O–H groups in total. The Morgan fingerprint density at radius 1 is 1.38 bits per heavy atom. The molecule has 114 valence electrons. The number of aryl methyl sites for hydroxylation is 1. The molecule has 21 heavy (non-hydrogen) atoms. The van der Waals surface area contributed by atoms with Gasteiger partial charge in [0.15, 0.2) is 5.69 Å². The molecule has 0 bridgehead atoms. The second-order valence-corrected chi connectivity index (χ2v) is 5.22. The van der Waals surface area contributed by atoms with Gasteiger partial charge in [-0.1, -0.05) is 0 Å². The Morgan fingerprint density at radius 2 is 2.14 bits per heavy atom. The van der Waals surface area contributed by atoms with Crippen LogP contribution >= 0.6 is 0 Å². The van der Waals surface area contributed by atoms with Crippen LogP contribution < -0.4 is 0 Å². The maximum atomic E-state index is 12.9. The smallest absolute Gasteiger partial charge is 0.319 e. The number of aromatic nitrogens is 5. The summed E-state index contributed by atoms with van der Waals surface area (Å²) in [6.45, 7) is 2.78. The number of nitrogens with one attached hydrogen (secondary N) is 1. The quantitative estimate of drug-likeness (QED) is 0.916. The van der Waals surface area contributed by atoms with Gasteiger partial charge in [-0.15, -0.1) is 10.2 Å². The van der Waals surface area contributed by atoms with Crippen LogP contribution in [0.4, 0.5) is 13.2 Å². The summed E-state index contributed by atoms with van der Waals surface area (Å²) >= 11 is 0. The predicted molar refractivity (Wildman–Crippen MR) is 67.1 cm³/mol. The first-order valence-corrected chi connectivity index (χ1v) is 6.59. The summed E-state index contributed by atoms with van der Waals surface area (Å²) in [4.78, 5) is 1.96. The van der Waals surface area contributed by atoms with Crippen LogP contribution in [0.3, 0.4) is 0 Å². The number of nitrogens with zero attached hydrogens (tertiary/aromatic N) is 5. The van der Waals surface area contributed by atoms with Gasteiger partial charge < -0.3 is 4.57 Å². The number of hydrogen-bond donors (Lipinski definition) is 1. The van der Waals surface area contributed by atoms with Crippen LogP contribution in [-0.4, -0.2) is 36.4 Å². The Hall–Kier alpha value is -1.90. The van der Waals surface area contributed by atoms with Gasteiger partial charge in [-0.25, -0.2) is 0 Å². The van der Waals surface area contributed by atoms with Crippen molar-refractivity contribution < 1.29 is 13.2 Å². The van der Waals surface area contributed by atoms with E-state index in [0.717, 1.165) is 5.82 Å². The molecule has 1 aliphatic rings. The van der Waals surface area contributed by atoms with E-state index in [1.54, 1.807) is 10.9 Å². The molecule has 1 unspecified atom stereocenters. The molecule has 1 atom stereocenters. The van der Waals surface area contributed by atoms with Gasteiger partial charge in [-0.05, 0) is 6.92 Å². The largest absolute Gasteiger partial charge is 0.435 e. The maximum absolute atomic E-state index is 12.9. The number of rotatable bonds is 2. The minimum atomic E-state index is -4.43. The summed E-state index contributed by atoms with van der Waals surface area (Å²) in [5.41, 5.74) is -0.00104. The molecule has 6 nitrogen and oxygen atoms in total. The molecule has 1 aliphatic heterocycles. The molecule has 0 saturated heterocycles. The van der Waals surface area contributed by atoms with Crippen LogP contribution in [0.2, 0.25) is 0 Å². The van der Waals surface area contributed by atoms with Gasteiger partial charge in [-0.2, -0.15) is 18.3 Å². The number of hydrogen-bond acceptors (Lipinski definition) is 4. The summed E-state index contributed by atoms with van der Waals surface area (Å²) in [6, 6.07) is -0.110. The van der Waals surface area contributed by atoms with E-state index in [2.05, 4.69) is 20.4 Å². The van der Waals surface area contributed by atoms with E-state index in [0.29, 0.717) is 18.7 Å². The number of H-pyrrole nitrogens is 1. The van der Waals surface area contributed by atoms with Crippen LogP contribution in [0.15, 0.2) is 6.33 Å². The number of fused-ring (bicyclic) bond motifs is 1. The number of aromatic amines is 1. The summed E-state index contributed by atoms with van der Waals surface area (Å²) < 4.78 is 40.6. The second kappa shape index (κ2) is 4.83. The fourth-order valence-electron chi connectivity index (χ4n) is 2.71. The SMILES string of the molecule is CC(c1nncn1C)N1CCc2[nH]nc(C(F)(F)F)c2C1. The minimum absolute atomic E-state index is 0.110. The van der Waals surface area contributed by atoms with E-state index < -0.39 is 11.9 Å². The van der Waals surface area contributed by atoms with Gasteiger partial charge in [0.2, 0.25) is 0 Å². The average Bonchev–Trinajstić information content (AvgIpc) is 3.02.